The maximum Gasteiger partial charge on any atom is 0.264 e. The Bertz CT molecular complexity index is 1410. The van der Waals surface area contributed by atoms with Gasteiger partial charge in [-0.1, -0.05) is 86.5 Å². The molecule has 214 valence electrons. The third-order valence-corrected chi connectivity index (χ3v) is 8.60. The van der Waals surface area contributed by atoms with E-state index in [1.807, 2.05) is 52.0 Å². The Hall–Kier alpha value is -3.36. The highest BCUT2D eigenvalue weighted by Crippen LogP contribution is 2.30. The molecule has 2 amide bonds. The van der Waals surface area contributed by atoms with Gasteiger partial charge < -0.3 is 10.2 Å². The molecular formula is C31H38ClN3O4S. The van der Waals surface area contributed by atoms with Crippen LogP contribution in [0.1, 0.15) is 43.9 Å². The highest BCUT2D eigenvalue weighted by molar-refractivity contribution is 7.92. The van der Waals surface area contributed by atoms with Crippen LogP contribution in [0.2, 0.25) is 5.02 Å². The van der Waals surface area contributed by atoms with E-state index in [4.69, 9.17) is 11.6 Å². The van der Waals surface area contributed by atoms with E-state index in [0.717, 1.165) is 15.4 Å². The summed E-state index contributed by atoms with van der Waals surface area (Å²) in [4.78, 5) is 28.9. The molecule has 0 fully saturated rings. The number of hydrogen-bond donors (Lipinski definition) is 1. The van der Waals surface area contributed by atoms with Crippen molar-refractivity contribution in [3.8, 4) is 0 Å². The topological polar surface area (TPSA) is 86.8 Å². The summed E-state index contributed by atoms with van der Waals surface area (Å²) in [6.07, 6.45) is 0.364. The summed E-state index contributed by atoms with van der Waals surface area (Å²) >= 11 is 6.28. The lowest BCUT2D eigenvalue weighted by Gasteiger charge is -2.33. The Balaban J connectivity index is 2.07. The zero-order chi connectivity index (χ0) is 29.4. The third-order valence-electron chi connectivity index (χ3n) is 6.59. The van der Waals surface area contributed by atoms with E-state index in [9.17, 15) is 18.0 Å². The average Bonchev–Trinajstić information content (AvgIpc) is 2.93. The maximum atomic E-state index is 14.1. The van der Waals surface area contributed by atoms with Crippen LogP contribution in [0.25, 0.3) is 0 Å². The quantitative estimate of drug-likeness (QED) is 0.295. The molecule has 0 unspecified atom stereocenters. The molecule has 1 atom stereocenters. The summed E-state index contributed by atoms with van der Waals surface area (Å²) in [5, 5.41) is 3.28. The van der Waals surface area contributed by atoms with Gasteiger partial charge in [-0.15, -0.1) is 0 Å². The number of sulfonamides is 1. The van der Waals surface area contributed by atoms with Gasteiger partial charge in [-0.2, -0.15) is 0 Å². The predicted octanol–water partition coefficient (Wildman–Crippen LogP) is 5.73. The van der Waals surface area contributed by atoms with Gasteiger partial charge in [-0.3, -0.25) is 13.9 Å². The molecule has 0 spiro atoms. The fourth-order valence-electron chi connectivity index (χ4n) is 4.32. The van der Waals surface area contributed by atoms with Crippen molar-refractivity contribution in [3.05, 3.63) is 94.5 Å². The molecule has 40 heavy (non-hydrogen) atoms. The molecule has 0 saturated heterocycles. The SMILES string of the molecule is CC[C@@H](C(=O)NCC(C)C)N(Cc1ccc(C)cc1)C(=O)CN(c1cc(Cl)ccc1C)S(=O)(=O)c1ccccc1. The first-order valence-electron chi connectivity index (χ1n) is 13.4. The van der Waals surface area contributed by atoms with Crippen LogP contribution >= 0.6 is 11.6 Å². The number of aryl methyl sites for hydroxylation is 2. The van der Waals surface area contributed by atoms with Gasteiger partial charge in [0.15, 0.2) is 0 Å². The van der Waals surface area contributed by atoms with E-state index in [0.29, 0.717) is 29.2 Å². The molecule has 7 nitrogen and oxygen atoms in total. The summed E-state index contributed by atoms with van der Waals surface area (Å²) in [7, 11) is -4.15. The van der Waals surface area contributed by atoms with Gasteiger partial charge in [0.1, 0.15) is 12.6 Å². The van der Waals surface area contributed by atoms with Gasteiger partial charge in [0.25, 0.3) is 10.0 Å². The summed E-state index contributed by atoms with van der Waals surface area (Å²) in [5.41, 5.74) is 2.85. The van der Waals surface area contributed by atoms with E-state index in [2.05, 4.69) is 5.32 Å². The van der Waals surface area contributed by atoms with Gasteiger partial charge in [0, 0.05) is 18.1 Å². The van der Waals surface area contributed by atoms with Crippen LogP contribution in [0.3, 0.4) is 0 Å². The van der Waals surface area contributed by atoms with Crippen LogP contribution in [-0.4, -0.2) is 44.3 Å². The van der Waals surface area contributed by atoms with Crippen LogP contribution in [0.5, 0.6) is 0 Å². The van der Waals surface area contributed by atoms with E-state index in [-0.39, 0.29) is 23.3 Å². The number of carbonyl (C=O) groups excluding carboxylic acids is 2. The first kappa shape index (κ1) is 31.2. The molecule has 0 aromatic heterocycles. The first-order valence-corrected chi connectivity index (χ1v) is 15.2. The predicted molar refractivity (Wildman–Crippen MR) is 161 cm³/mol. The van der Waals surface area contributed by atoms with Crippen molar-refractivity contribution in [1.82, 2.24) is 10.2 Å². The summed E-state index contributed by atoms with van der Waals surface area (Å²) in [6.45, 7) is 9.69. The van der Waals surface area contributed by atoms with Crippen molar-refractivity contribution >= 4 is 39.1 Å². The highest BCUT2D eigenvalue weighted by atomic mass is 35.5. The minimum absolute atomic E-state index is 0.0500. The molecule has 0 aliphatic carbocycles. The number of halogens is 1. The van der Waals surface area contributed by atoms with Crippen molar-refractivity contribution in [2.75, 3.05) is 17.4 Å². The number of benzene rings is 3. The summed E-state index contributed by atoms with van der Waals surface area (Å²) in [6, 6.07) is 19.8. The average molecular weight is 584 g/mol. The number of rotatable bonds is 12. The van der Waals surface area contributed by atoms with Crippen molar-refractivity contribution in [3.63, 3.8) is 0 Å². The molecule has 3 aromatic carbocycles. The molecule has 0 aliphatic heterocycles. The van der Waals surface area contributed by atoms with E-state index in [1.165, 1.54) is 17.0 Å². The van der Waals surface area contributed by atoms with E-state index < -0.39 is 28.5 Å². The van der Waals surface area contributed by atoms with Gasteiger partial charge >= 0.3 is 0 Å². The molecule has 3 aromatic rings. The molecule has 0 heterocycles. The normalized spacial score (nSPS) is 12.2. The fraction of sp³-hybridized carbons (Fsp3) is 0.355. The number of anilines is 1. The molecule has 0 bridgehead atoms. The molecule has 3 rings (SSSR count). The molecule has 9 heteroatoms. The molecular weight excluding hydrogens is 546 g/mol. The van der Waals surface area contributed by atoms with Crippen molar-refractivity contribution < 1.29 is 18.0 Å². The zero-order valence-electron chi connectivity index (χ0n) is 23.7. The van der Waals surface area contributed by atoms with Crippen LogP contribution < -0.4 is 9.62 Å². The minimum atomic E-state index is -4.15. The lowest BCUT2D eigenvalue weighted by Crippen LogP contribution is -2.52. The summed E-state index contributed by atoms with van der Waals surface area (Å²) in [5.74, 6) is -0.529. The second-order valence-corrected chi connectivity index (χ2v) is 12.6. The smallest absolute Gasteiger partial charge is 0.264 e. The van der Waals surface area contributed by atoms with Gasteiger partial charge in [-0.25, -0.2) is 8.42 Å². The Morgan fingerprint density at radius 3 is 2.20 bits per heavy atom. The number of nitrogens with one attached hydrogen (secondary N) is 1. The monoisotopic (exact) mass is 583 g/mol. The van der Waals surface area contributed by atoms with Crippen molar-refractivity contribution in [2.24, 2.45) is 5.92 Å². The first-order chi connectivity index (χ1) is 18.9. The van der Waals surface area contributed by atoms with E-state index >= 15 is 0 Å². The highest BCUT2D eigenvalue weighted by Gasteiger charge is 2.34. The second-order valence-electron chi connectivity index (χ2n) is 10.3. The third kappa shape index (κ3) is 7.86. The fourth-order valence-corrected chi connectivity index (χ4v) is 5.97. The lowest BCUT2D eigenvalue weighted by molar-refractivity contribution is -0.140. The molecule has 1 N–H and O–H groups in total. The Morgan fingerprint density at radius 1 is 0.950 bits per heavy atom. The lowest BCUT2D eigenvalue weighted by atomic mass is 10.1. The molecule has 0 aliphatic rings. The Morgan fingerprint density at radius 2 is 1.60 bits per heavy atom. The van der Waals surface area contributed by atoms with Crippen LogP contribution in [0.4, 0.5) is 5.69 Å². The van der Waals surface area contributed by atoms with Crippen LogP contribution in [-0.2, 0) is 26.2 Å². The van der Waals surface area contributed by atoms with Crippen molar-refractivity contribution in [2.45, 2.75) is 58.5 Å². The van der Waals surface area contributed by atoms with Gasteiger partial charge in [0.05, 0.1) is 10.6 Å². The molecule has 0 saturated carbocycles. The van der Waals surface area contributed by atoms with Crippen molar-refractivity contribution in [1.29, 1.82) is 0 Å². The molecule has 0 radical (unpaired) electrons. The van der Waals surface area contributed by atoms with Crippen LogP contribution in [0, 0.1) is 19.8 Å². The second kappa shape index (κ2) is 13.8. The number of hydrogen-bond acceptors (Lipinski definition) is 4. The minimum Gasteiger partial charge on any atom is -0.354 e. The Labute approximate surface area is 243 Å². The zero-order valence-corrected chi connectivity index (χ0v) is 25.3. The Kier molecular flexibility index (Phi) is 10.8. The van der Waals surface area contributed by atoms with E-state index in [1.54, 1.807) is 43.3 Å². The maximum absolute atomic E-state index is 14.1. The van der Waals surface area contributed by atoms with Crippen LogP contribution in [0.15, 0.2) is 77.7 Å². The summed E-state index contributed by atoms with van der Waals surface area (Å²) < 4.78 is 29.0. The number of carbonyl (C=O) groups is 2. The van der Waals surface area contributed by atoms with Gasteiger partial charge in [-0.05, 0) is 61.6 Å². The largest absolute Gasteiger partial charge is 0.354 e. The number of nitrogens with zero attached hydrogens (tertiary/aromatic N) is 2. The standard InChI is InChI=1S/C31H38ClN3O4S/c1-6-28(31(37)33-19-22(2)3)34(20-25-15-12-23(4)13-16-25)30(36)21-35(29-18-26(32)17-14-24(29)5)40(38,39)27-10-8-7-9-11-27/h7-18,22,28H,6,19-21H2,1-5H3,(H,33,37)/t28-/m0/s1. The van der Waals surface area contributed by atoms with Gasteiger partial charge in [0.2, 0.25) is 11.8 Å². The number of amides is 2.